The minimum atomic E-state index is -0.0865. The van der Waals surface area contributed by atoms with E-state index in [1.54, 1.807) is 11.1 Å². The van der Waals surface area contributed by atoms with Crippen molar-refractivity contribution < 1.29 is 0 Å². The lowest BCUT2D eigenvalue weighted by Crippen LogP contribution is -2.41. The normalized spacial score (nSPS) is 19.9. The summed E-state index contributed by atoms with van der Waals surface area (Å²) in [6.45, 7) is 12.5. The summed E-state index contributed by atoms with van der Waals surface area (Å²) in [4.78, 5) is 19.9. The first-order valence-electron chi connectivity index (χ1n) is 12.6. The summed E-state index contributed by atoms with van der Waals surface area (Å²) in [6.07, 6.45) is 10.8. The number of fused-ring (bicyclic) bond motifs is 2. The Morgan fingerprint density at radius 2 is 1.78 bits per heavy atom. The van der Waals surface area contributed by atoms with Crippen molar-refractivity contribution in [3.8, 4) is 0 Å². The number of aromatic nitrogens is 2. The van der Waals surface area contributed by atoms with Crippen molar-refractivity contribution in [3.63, 3.8) is 0 Å². The predicted octanol–water partition coefficient (Wildman–Crippen LogP) is 5.18. The van der Waals surface area contributed by atoms with Gasteiger partial charge in [0, 0.05) is 36.5 Å². The fraction of sp³-hybridized carbons (Fsp3) is 0.571. The van der Waals surface area contributed by atoms with Gasteiger partial charge in [-0.05, 0) is 76.0 Å². The van der Waals surface area contributed by atoms with Crippen LogP contribution in [0.2, 0.25) is 0 Å². The van der Waals surface area contributed by atoms with Crippen LogP contribution in [0.25, 0.3) is 5.70 Å². The van der Waals surface area contributed by atoms with Crippen molar-refractivity contribution in [3.05, 3.63) is 68.9 Å². The zero-order valence-electron chi connectivity index (χ0n) is 20.0. The summed E-state index contributed by atoms with van der Waals surface area (Å²) >= 11 is 0. The monoisotopic (exact) mass is 431 g/mol. The highest BCUT2D eigenvalue weighted by Gasteiger charge is 2.38. The van der Waals surface area contributed by atoms with Crippen molar-refractivity contribution >= 4 is 5.70 Å². The molecule has 1 saturated carbocycles. The topological polar surface area (TPSA) is 38.1 Å². The molecule has 2 heterocycles. The lowest BCUT2D eigenvalue weighted by molar-refractivity contribution is 0.287. The van der Waals surface area contributed by atoms with E-state index in [9.17, 15) is 4.79 Å². The predicted molar refractivity (Wildman–Crippen MR) is 131 cm³/mol. The van der Waals surface area contributed by atoms with Gasteiger partial charge in [-0.15, -0.1) is 0 Å². The zero-order valence-corrected chi connectivity index (χ0v) is 20.0. The number of hydrogen-bond donors (Lipinski definition) is 0. The Morgan fingerprint density at radius 1 is 1.06 bits per heavy atom. The van der Waals surface area contributed by atoms with Gasteiger partial charge >= 0.3 is 0 Å². The van der Waals surface area contributed by atoms with Crippen LogP contribution in [0.15, 0.2) is 29.6 Å². The number of nitrogens with zero attached hydrogens (tertiary/aromatic N) is 3. The molecule has 0 bridgehead atoms. The molecule has 32 heavy (non-hydrogen) atoms. The third-order valence-corrected chi connectivity index (χ3v) is 8.31. The number of benzene rings is 1. The molecule has 2 aromatic rings. The maximum absolute atomic E-state index is 13.0. The van der Waals surface area contributed by atoms with Crippen molar-refractivity contribution in [2.24, 2.45) is 0 Å². The van der Waals surface area contributed by atoms with Crippen LogP contribution in [0.4, 0.5) is 0 Å². The molecule has 0 saturated heterocycles. The van der Waals surface area contributed by atoms with Crippen LogP contribution in [-0.2, 0) is 31.2 Å². The molecule has 170 valence electrons. The van der Waals surface area contributed by atoms with Crippen molar-refractivity contribution in [1.29, 1.82) is 0 Å². The maximum atomic E-state index is 13.0. The maximum Gasteiger partial charge on any atom is 0.276 e. The second kappa shape index (κ2) is 8.20. The van der Waals surface area contributed by atoms with Gasteiger partial charge in [0.2, 0.25) is 0 Å². The fourth-order valence-corrected chi connectivity index (χ4v) is 6.48. The Bertz CT molecular complexity index is 1100. The van der Waals surface area contributed by atoms with Gasteiger partial charge in [0.05, 0.1) is 11.4 Å². The van der Waals surface area contributed by atoms with Crippen LogP contribution in [0.5, 0.6) is 0 Å². The summed E-state index contributed by atoms with van der Waals surface area (Å²) < 4.78 is 2.32. The van der Waals surface area contributed by atoms with E-state index >= 15 is 0 Å². The van der Waals surface area contributed by atoms with Gasteiger partial charge in [-0.3, -0.25) is 4.79 Å². The van der Waals surface area contributed by atoms with E-state index in [2.05, 4.69) is 53.1 Å². The molecule has 0 amide bonds. The summed E-state index contributed by atoms with van der Waals surface area (Å²) in [5, 5.41) is 0. The van der Waals surface area contributed by atoms with Crippen molar-refractivity contribution in [1.82, 2.24) is 14.5 Å². The van der Waals surface area contributed by atoms with Crippen LogP contribution in [0, 0.1) is 6.92 Å². The van der Waals surface area contributed by atoms with Crippen LogP contribution >= 0.6 is 0 Å². The molecule has 0 atom stereocenters. The fourth-order valence-electron chi connectivity index (χ4n) is 6.48. The second-order valence-electron chi connectivity index (χ2n) is 10.5. The molecule has 2 aliphatic carbocycles. The van der Waals surface area contributed by atoms with Gasteiger partial charge in [0.1, 0.15) is 5.82 Å². The lowest BCUT2D eigenvalue weighted by atomic mass is 9.74. The molecular weight excluding hydrogens is 394 g/mol. The average Bonchev–Trinajstić information content (AvgIpc) is 3.26. The van der Waals surface area contributed by atoms with E-state index in [0.717, 1.165) is 42.3 Å². The average molecular weight is 432 g/mol. The van der Waals surface area contributed by atoms with Gasteiger partial charge < -0.3 is 9.47 Å². The van der Waals surface area contributed by atoms with E-state index in [4.69, 9.17) is 0 Å². The van der Waals surface area contributed by atoms with Crippen LogP contribution in [-0.4, -0.2) is 27.0 Å². The molecule has 1 aliphatic heterocycles. The highest BCUT2D eigenvalue weighted by atomic mass is 16.1. The SMILES string of the molecule is C=C1c2c(C)c(=O)nc(CC3(c4ccc5c(c4)CCCC5)CCCC3)n2CCN1C(C)C. The Labute approximate surface area is 192 Å². The van der Waals surface area contributed by atoms with E-state index in [1.165, 1.54) is 56.9 Å². The van der Waals surface area contributed by atoms with Gasteiger partial charge in [-0.2, -0.15) is 4.98 Å². The standard InChI is InChI=1S/C28H37N3O/c1-19(2)30-15-16-31-25(29-27(32)20(3)26(31)21(30)4)18-28(13-7-8-14-28)24-12-11-22-9-5-6-10-23(22)17-24/h11-12,17,19H,4-10,13-16,18H2,1-3H3. The lowest BCUT2D eigenvalue weighted by Gasteiger charge is -2.39. The summed E-state index contributed by atoms with van der Waals surface area (Å²) in [6, 6.07) is 7.65. The summed E-state index contributed by atoms with van der Waals surface area (Å²) in [5.41, 5.74) is 7.28. The highest BCUT2D eigenvalue weighted by Crippen LogP contribution is 2.44. The van der Waals surface area contributed by atoms with E-state index in [-0.39, 0.29) is 11.0 Å². The van der Waals surface area contributed by atoms with Crippen molar-refractivity contribution in [2.75, 3.05) is 6.54 Å². The van der Waals surface area contributed by atoms with Crippen molar-refractivity contribution in [2.45, 2.75) is 96.6 Å². The Hall–Kier alpha value is -2.36. The van der Waals surface area contributed by atoms with E-state index in [1.807, 2.05) is 6.92 Å². The molecule has 1 aromatic carbocycles. The first kappa shape index (κ1) is 21.5. The van der Waals surface area contributed by atoms with Crippen LogP contribution in [0.3, 0.4) is 0 Å². The van der Waals surface area contributed by atoms with E-state index < -0.39 is 0 Å². The first-order valence-corrected chi connectivity index (χ1v) is 12.6. The smallest absolute Gasteiger partial charge is 0.276 e. The highest BCUT2D eigenvalue weighted by molar-refractivity contribution is 5.63. The molecule has 0 unspecified atom stereocenters. The zero-order chi connectivity index (χ0) is 22.5. The number of rotatable bonds is 4. The van der Waals surface area contributed by atoms with Gasteiger partial charge in [0.15, 0.2) is 0 Å². The molecule has 3 aliphatic rings. The van der Waals surface area contributed by atoms with E-state index in [0.29, 0.717) is 6.04 Å². The summed E-state index contributed by atoms with van der Waals surface area (Å²) in [5.74, 6) is 0.958. The van der Waals surface area contributed by atoms with Gasteiger partial charge in [0.25, 0.3) is 5.56 Å². The third-order valence-electron chi connectivity index (χ3n) is 8.31. The molecule has 1 fully saturated rings. The molecule has 0 radical (unpaired) electrons. The number of hydrogen-bond acceptors (Lipinski definition) is 3. The minimum absolute atomic E-state index is 0.0865. The van der Waals surface area contributed by atoms with Crippen LogP contribution in [0.1, 0.15) is 86.1 Å². The first-order chi connectivity index (χ1) is 15.4. The summed E-state index contributed by atoms with van der Waals surface area (Å²) in [7, 11) is 0. The third kappa shape index (κ3) is 3.52. The molecule has 0 N–H and O–H groups in total. The number of aryl methyl sites for hydroxylation is 2. The molecule has 5 rings (SSSR count). The van der Waals surface area contributed by atoms with Gasteiger partial charge in [-0.1, -0.05) is 37.6 Å². The Kier molecular flexibility index (Phi) is 5.51. The molecule has 4 heteroatoms. The Morgan fingerprint density at radius 3 is 2.50 bits per heavy atom. The largest absolute Gasteiger partial charge is 0.366 e. The quantitative estimate of drug-likeness (QED) is 0.669. The Balaban J connectivity index is 1.57. The van der Waals surface area contributed by atoms with Crippen LogP contribution < -0.4 is 5.56 Å². The second-order valence-corrected chi connectivity index (χ2v) is 10.5. The van der Waals surface area contributed by atoms with Gasteiger partial charge in [-0.25, -0.2) is 0 Å². The molecular formula is C28H37N3O. The molecule has 0 spiro atoms. The molecule has 4 nitrogen and oxygen atoms in total. The molecule has 1 aromatic heterocycles. The minimum Gasteiger partial charge on any atom is -0.366 e.